The zero-order valence-corrected chi connectivity index (χ0v) is 9.70. The second-order valence-electron chi connectivity index (χ2n) is 3.71. The molecular formula is C8H14N4O3S. The molecule has 0 aliphatic carbocycles. The average Bonchev–Trinajstić information content (AvgIpc) is 2.12. The first-order valence-corrected chi connectivity index (χ1v) is 6.21. The van der Waals surface area contributed by atoms with Gasteiger partial charge in [0.1, 0.15) is 5.78 Å². The van der Waals surface area contributed by atoms with Crippen LogP contribution in [0.5, 0.6) is 0 Å². The maximum atomic E-state index is 11.5. The highest BCUT2D eigenvalue weighted by Crippen LogP contribution is 2.17. The molecule has 1 rings (SSSR count). The Morgan fingerprint density at radius 3 is 2.69 bits per heavy atom. The Bertz CT molecular complexity index is 407. The Labute approximate surface area is 94.4 Å². The van der Waals surface area contributed by atoms with Crippen LogP contribution in [0, 0.1) is 17.2 Å². The third-order valence-corrected chi connectivity index (χ3v) is 3.89. The summed E-state index contributed by atoms with van der Waals surface area (Å²) in [5, 5.41) is 8.50. The van der Waals surface area contributed by atoms with E-state index in [9.17, 15) is 13.2 Å². The van der Waals surface area contributed by atoms with Crippen LogP contribution >= 0.6 is 0 Å². The molecule has 16 heavy (non-hydrogen) atoms. The fourth-order valence-electron chi connectivity index (χ4n) is 1.15. The summed E-state index contributed by atoms with van der Waals surface area (Å²) in [6.07, 6.45) is 0. The maximum absolute atomic E-state index is 11.5. The Kier molecular flexibility index (Phi) is 3.98. The molecule has 1 fully saturated rings. The van der Waals surface area contributed by atoms with Gasteiger partial charge in [-0.3, -0.25) is 4.79 Å². The molecule has 1 saturated heterocycles. The van der Waals surface area contributed by atoms with Crippen LogP contribution in [0.3, 0.4) is 0 Å². The summed E-state index contributed by atoms with van der Waals surface area (Å²) in [5.41, 5.74) is 5.39. The van der Waals surface area contributed by atoms with E-state index in [0.29, 0.717) is 0 Å². The molecule has 0 radical (unpaired) electrons. The lowest BCUT2D eigenvalue weighted by Gasteiger charge is -2.34. The van der Waals surface area contributed by atoms with Crippen molar-refractivity contribution < 1.29 is 13.2 Å². The van der Waals surface area contributed by atoms with Crippen LogP contribution in [0.4, 0.5) is 0 Å². The van der Waals surface area contributed by atoms with Crippen LogP contribution in [0.15, 0.2) is 0 Å². The average molecular weight is 246 g/mol. The van der Waals surface area contributed by atoms with Gasteiger partial charge in [-0.1, -0.05) is 0 Å². The quantitative estimate of drug-likeness (QED) is 0.593. The minimum atomic E-state index is -3.60. The van der Waals surface area contributed by atoms with Gasteiger partial charge in [0.25, 0.3) is 10.2 Å². The van der Waals surface area contributed by atoms with Gasteiger partial charge in [0.05, 0.1) is 18.0 Å². The van der Waals surface area contributed by atoms with Crippen molar-refractivity contribution in [1.29, 1.82) is 5.26 Å². The SMILES string of the molecule is CC(=O)[C@@H](N)CNS(=O)(=O)N1CC(C#N)C1. The zero-order chi connectivity index (χ0) is 12.3. The van der Waals surface area contributed by atoms with E-state index in [1.807, 2.05) is 6.07 Å². The monoisotopic (exact) mass is 246 g/mol. The van der Waals surface area contributed by atoms with Gasteiger partial charge in [-0.15, -0.1) is 0 Å². The largest absolute Gasteiger partial charge is 0.320 e. The molecule has 8 heteroatoms. The first kappa shape index (κ1) is 13.1. The van der Waals surface area contributed by atoms with Crippen LogP contribution in [0.25, 0.3) is 0 Å². The van der Waals surface area contributed by atoms with Gasteiger partial charge in [-0.2, -0.15) is 18.0 Å². The van der Waals surface area contributed by atoms with E-state index in [1.165, 1.54) is 6.92 Å². The van der Waals surface area contributed by atoms with Crippen LogP contribution in [0.1, 0.15) is 6.92 Å². The topological polar surface area (TPSA) is 116 Å². The summed E-state index contributed by atoms with van der Waals surface area (Å²) in [6, 6.07) is 1.14. The van der Waals surface area contributed by atoms with E-state index in [0.717, 1.165) is 4.31 Å². The van der Waals surface area contributed by atoms with Crippen molar-refractivity contribution in [1.82, 2.24) is 9.03 Å². The molecule has 0 amide bonds. The summed E-state index contributed by atoms with van der Waals surface area (Å²) in [4.78, 5) is 10.8. The summed E-state index contributed by atoms with van der Waals surface area (Å²) < 4.78 is 26.5. The molecule has 0 aromatic carbocycles. The molecule has 1 aliphatic heterocycles. The number of carbonyl (C=O) groups is 1. The third-order valence-electron chi connectivity index (χ3n) is 2.38. The van der Waals surface area contributed by atoms with E-state index >= 15 is 0 Å². The van der Waals surface area contributed by atoms with Gasteiger partial charge in [-0.25, -0.2) is 4.72 Å². The Morgan fingerprint density at radius 1 is 1.69 bits per heavy atom. The first-order valence-electron chi connectivity index (χ1n) is 4.77. The molecule has 90 valence electrons. The molecule has 0 bridgehead atoms. The van der Waals surface area contributed by atoms with Crippen molar-refractivity contribution in [2.75, 3.05) is 19.6 Å². The summed E-state index contributed by atoms with van der Waals surface area (Å²) in [7, 11) is -3.60. The Hall–Kier alpha value is -1.01. The number of nitrogens with two attached hydrogens (primary N) is 1. The molecule has 0 spiro atoms. The molecule has 3 N–H and O–H groups in total. The smallest absolute Gasteiger partial charge is 0.279 e. The predicted molar refractivity (Wildman–Crippen MR) is 56.3 cm³/mol. The van der Waals surface area contributed by atoms with Crippen LogP contribution in [0.2, 0.25) is 0 Å². The number of carbonyl (C=O) groups excluding carboxylic acids is 1. The molecule has 1 heterocycles. The van der Waals surface area contributed by atoms with Crippen molar-refractivity contribution in [3.63, 3.8) is 0 Å². The van der Waals surface area contributed by atoms with Gasteiger partial charge >= 0.3 is 0 Å². The van der Waals surface area contributed by atoms with Gasteiger partial charge in [0.15, 0.2) is 0 Å². The van der Waals surface area contributed by atoms with Crippen LogP contribution in [-0.4, -0.2) is 44.2 Å². The van der Waals surface area contributed by atoms with Gasteiger partial charge < -0.3 is 5.73 Å². The van der Waals surface area contributed by atoms with Crippen molar-refractivity contribution in [3.8, 4) is 6.07 Å². The highest BCUT2D eigenvalue weighted by atomic mass is 32.2. The number of hydrogen-bond donors (Lipinski definition) is 2. The normalized spacial score (nSPS) is 19.8. The second-order valence-corrected chi connectivity index (χ2v) is 5.47. The summed E-state index contributed by atoms with van der Waals surface area (Å²) in [5.74, 6) is -0.515. The van der Waals surface area contributed by atoms with Crippen molar-refractivity contribution in [3.05, 3.63) is 0 Å². The lowest BCUT2D eigenvalue weighted by Crippen LogP contribution is -2.55. The zero-order valence-electron chi connectivity index (χ0n) is 8.88. The van der Waals surface area contributed by atoms with Crippen LogP contribution < -0.4 is 10.5 Å². The molecule has 0 aromatic heterocycles. The lowest BCUT2D eigenvalue weighted by molar-refractivity contribution is -0.118. The molecular weight excluding hydrogens is 232 g/mol. The molecule has 0 unspecified atom stereocenters. The number of ketones is 1. The maximum Gasteiger partial charge on any atom is 0.279 e. The standard InChI is InChI=1S/C8H14N4O3S/c1-6(13)8(10)3-11-16(14,15)12-4-7(2-9)5-12/h7-8,11H,3-5,10H2,1H3/t8-/m0/s1. The van der Waals surface area contributed by atoms with Gasteiger partial charge in [-0.05, 0) is 6.92 Å². The second kappa shape index (κ2) is 4.88. The van der Waals surface area contributed by atoms with Gasteiger partial charge in [0, 0.05) is 19.6 Å². The van der Waals surface area contributed by atoms with Crippen molar-refractivity contribution in [2.24, 2.45) is 11.7 Å². The Balaban J connectivity index is 2.43. The molecule has 1 aliphatic rings. The van der Waals surface area contributed by atoms with E-state index in [2.05, 4.69) is 4.72 Å². The van der Waals surface area contributed by atoms with E-state index in [1.54, 1.807) is 0 Å². The predicted octanol–water partition coefficient (Wildman–Crippen LogP) is -1.81. The first-order chi connectivity index (χ1) is 7.36. The lowest BCUT2D eigenvalue weighted by atomic mass is 10.1. The number of Topliss-reactive ketones (excluding diaryl/α,β-unsaturated/α-hetero) is 1. The fraction of sp³-hybridized carbons (Fsp3) is 0.750. The number of nitrogens with zero attached hydrogens (tertiary/aromatic N) is 2. The molecule has 0 saturated carbocycles. The fourth-order valence-corrected chi connectivity index (χ4v) is 2.47. The van der Waals surface area contributed by atoms with E-state index in [4.69, 9.17) is 11.0 Å². The third kappa shape index (κ3) is 2.99. The van der Waals surface area contributed by atoms with E-state index in [-0.39, 0.29) is 31.3 Å². The van der Waals surface area contributed by atoms with E-state index < -0.39 is 16.3 Å². The highest BCUT2D eigenvalue weighted by Gasteiger charge is 2.35. The number of hydrogen-bond acceptors (Lipinski definition) is 5. The van der Waals surface area contributed by atoms with Crippen LogP contribution in [-0.2, 0) is 15.0 Å². The number of nitriles is 1. The number of nitrogens with one attached hydrogen (secondary N) is 1. The molecule has 7 nitrogen and oxygen atoms in total. The minimum absolute atomic E-state index is 0.120. The van der Waals surface area contributed by atoms with Crippen molar-refractivity contribution >= 4 is 16.0 Å². The minimum Gasteiger partial charge on any atom is -0.320 e. The van der Waals surface area contributed by atoms with Gasteiger partial charge in [0.2, 0.25) is 0 Å². The van der Waals surface area contributed by atoms with Crippen molar-refractivity contribution in [2.45, 2.75) is 13.0 Å². The molecule has 0 aromatic rings. The summed E-state index contributed by atoms with van der Waals surface area (Å²) in [6.45, 7) is 1.57. The molecule has 1 atom stereocenters. The summed E-state index contributed by atoms with van der Waals surface area (Å²) >= 11 is 0. The Morgan fingerprint density at radius 2 is 2.25 bits per heavy atom. The highest BCUT2D eigenvalue weighted by molar-refractivity contribution is 7.87. The number of rotatable bonds is 5.